The Kier molecular flexibility index (Phi) is 6.75. The van der Waals surface area contributed by atoms with Crippen molar-refractivity contribution >= 4 is 29.2 Å². The highest BCUT2D eigenvalue weighted by Gasteiger charge is 2.40. The molecule has 1 heterocycles. The number of aromatic hydroxyl groups is 1. The molecule has 6 nitrogen and oxygen atoms in total. The molecule has 0 saturated carbocycles. The summed E-state index contributed by atoms with van der Waals surface area (Å²) in [7, 11) is 0. The van der Waals surface area contributed by atoms with Gasteiger partial charge in [0.25, 0.3) is 0 Å². The highest BCUT2D eigenvalue weighted by molar-refractivity contribution is 6.30. The van der Waals surface area contributed by atoms with Gasteiger partial charge >= 0.3 is 6.09 Å². The topological polar surface area (TPSA) is 78.9 Å². The summed E-state index contributed by atoms with van der Waals surface area (Å²) in [5, 5.41) is 13.0. The van der Waals surface area contributed by atoms with E-state index in [1.165, 1.54) is 29.2 Å². The Bertz CT molecular complexity index is 1110. The average Bonchev–Trinajstić information content (AvgIpc) is 3.12. The van der Waals surface area contributed by atoms with Crippen molar-refractivity contribution in [2.45, 2.75) is 51.8 Å². The molecule has 0 saturated heterocycles. The highest BCUT2D eigenvalue weighted by Crippen LogP contribution is 2.38. The molecule has 0 bridgehead atoms. The summed E-state index contributed by atoms with van der Waals surface area (Å²) >= 11 is 6.08. The minimum absolute atomic E-state index is 0.0434. The van der Waals surface area contributed by atoms with Crippen LogP contribution >= 0.6 is 11.6 Å². The molecule has 8 heteroatoms. The molecule has 176 valence electrons. The van der Waals surface area contributed by atoms with Gasteiger partial charge in [0.2, 0.25) is 5.91 Å². The number of phenols is 1. The first-order valence-corrected chi connectivity index (χ1v) is 10.9. The Balaban J connectivity index is 1.96. The molecule has 0 spiro atoms. The molecule has 2 amide bonds. The number of hydrogen-bond donors (Lipinski definition) is 2. The minimum Gasteiger partial charge on any atom is -0.508 e. The van der Waals surface area contributed by atoms with E-state index in [1.54, 1.807) is 58.9 Å². The molecule has 0 fully saturated rings. The van der Waals surface area contributed by atoms with Crippen LogP contribution in [0, 0.1) is 5.82 Å². The number of carbonyl (C=O) groups is 2. The number of rotatable bonds is 4. The van der Waals surface area contributed by atoms with E-state index in [9.17, 15) is 19.1 Å². The molecule has 0 aromatic heterocycles. The normalized spacial score (nSPS) is 16.4. The molecule has 1 unspecified atom stereocenters. The van der Waals surface area contributed by atoms with Crippen molar-refractivity contribution in [1.82, 2.24) is 10.2 Å². The second kappa shape index (κ2) is 9.06. The maximum Gasteiger partial charge on any atom is 0.408 e. The Hall–Kier alpha value is -3.06. The van der Waals surface area contributed by atoms with E-state index in [4.69, 9.17) is 16.3 Å². The lowest BCUT2D eigenvalue weighted by Crippen LogP contribution is -2.56. The fraction of sp³-hybridized carbons (Fsp3) is 0.360. The van der Waals surface area contributed by atoms with Crippen LogP contribution in [0.5, 0.6) is 5.75 Å². The Morgan fingerprint density at radius 3 is 2.48 bits per heavy atom. The molecular formula is C25H28ClFN2O4. The zero-order chi connectivity index (χ0) is 24.6. The molecule has 2 aromatic carbocycles. The Morgan fingerprint density at radius 1 is 1.15 bits per heavy atom. The van der Waals surface area contributed by atoms with Gasteiger partial charge in [-0.3, -0.25) is 4.79 Å². The summed E-state index contributed by atoms with van der Waals surface area (Å²) in [6.07, 6.45) is 1.05. The number of nitrogens with zero attached hydrogens (tertiary/aromatic N) is 1. The predicted molar refractivity (Wildman–Crippen MR) is 125 cm³/mol. The van der Waals surface area contributed by atoms with Crippen molar-refractivity contribution in [2.24, 2.45) is 0 Å². The molecule has 0 aliphatic carbocycles. The number of hydrogen-bond acceptors (Lipinski definition) is 4. The predicted octanol–water partition coefficient (Wildman–Crippen LogP) is 5.45. The van der Waals surface area contributed by atoms with Gasteiger partial charge in [-0.15, -0.1) is 0 Å². The summed E-state index contributed by atoms with van der Waals surface area (Å²) in [5.74, 6) is -0.807. The van der Waals surface area contributed by atoms with Gasteiger partial charge in [-0.1, -0.05) is 29.8 Å². The van der Waals surface area contributed by atoms with Crippen molar-refractivity contribution in [3.8, 4) is 5.75 Å². The third kappa shape index (κ3) is 5.85. The molecule has 1 aliphatic rings. The van der Waals surface area contributed by atoms with Gasteiger partial charge in [-0.05, 0) is 76.1 Å². The van der Waals surface area contributed by atoms with Crippen molar-refractivity contribution in [3.63, 3.8) is 0 Å². The quantitative estimate of drug-likeness (QED) is 0.617. The lowest BCUT2D eigenvalue weighted by molar-refractivity contribution is -0.137. The van der Waals surface area contributed by atoms with Crippen LogP contribution in [0.3, 0.4) is 0 Å². The van der Waals surface area contributed by atoms with Crippen LogP contribution in [-0.4, -0.2) is 39.7 Å². The minimum atomic E-state index is -1.31. The third-order valence-electron chi connectivity index (χ3n) is 5.13. The summed E-state index contributed by atoms with van der Waals surface area (Å²) in [6, 6.07) is 10.2. The SMILES string of the molecule is CC(C)(C)OC(=O)NC(C)(C)C(=O)N1CC(c2cc(Cl)ccc2F)=CC1c1cccc(O)c1. The van der Waals surface area contributed by atoms with Crippen LogP contribution in [0.2, 0.25) is 5.02 Å². The van der Waals surface area contributed by atoms with E-state index >= 15 is 0 Å². The number of benzene rings is 2. The standard InChI is InChI=1S/C25H28ClFN2O4/c1-24(2,3)33-23(32)28-25(4,5)22(31)29-14-16(19-13-17(26)9-10-20(19)27)12-21(29)15-7-6-8-18(30)11-15/h6-13,21,30H,14H2,1-5H3,(H,28,32). The van der Waals surface area contributed by atoms with Gasteiger partial charge in [0, 0.05) is 17.1 Å². The molecule has 3 rings (SSSR count). The summed E-state index contributed by atoms with van der Waals surface area (Å²) < 4.78 is 19.9. The molecule has 2 aromatic rings. The van der Waals surface area contributed by atoms with Gasteiger partial charge in [0.05, 0.1) is 6.04 Å². The van der Waals surface area contributed by atoms with E-state index < -0.39 is 35.0 Å². The number of ether oxygens (including phenoxy) is 1. The van der Waals surface area contributed by atoms with Crippen LogP contribution in [0.15, 0.2) is 48.5 Å². The van der Waals surface area contributed by atoms with E-state index in [0.717, 1.165) is 0 Å². The molecule has 0 radical (unpaired) electrons. The second-order valence-corrected chi connectivity index (χ2v) is 9.98. The van der Waals surface area contributed by atoms with Gasteiger partial charge in [0.15, 0.2) is 0 Å². The number of amides is 2. The van der Waals surface area contributed by atoms with E-state index in [0.29, 0.717) is 21.7 Å². The highest BCUT2D eigenvalue weighted by atomic mass is 35.5. The zero-order valence-electron chi connectivity index (χ0n) is 19.3. The number of phenolic OH excluding ortho intramolecular Hbond substituents is 1. The molecule has 1 aliphatic heterocycles. The van der Waals surface area contributed by atoms with Gasteiger partial charge in [-0.25, -0.2) is 9.18 Å². The van der Waals surface area contributed by atoms with Crippen molar-refractivity contribution in [2.75, 3.05) is 6.54 Å². The Labute approximate surface area is 198 Å². The number of nitrogens with one attached hydrogen (secondary N) is 1. The summed E-state index contributed by atoms with van der Waals surface area (Å²) in [4.78, 5) is 27.5. The van der Waals surface area contributed by atoms with Crippen molar-refractivity contribution in [1.29, 1.82) is 0 Å². The van der Waals surface area contributed by atoms with Crippen molar-refractivity contribution in [3.05, 3.63) is 70.5 Å². The third-order valence-corrected chi connectivity index (χ3v) is 5.37. The lowest BCUT2D eigenvalue weighted by Gasteiger charge is -2.34. The fourth-order valence-corrected chi connectivity index (χ4v) is 3.86. The van der Waals surface area contributed by atoms with Crippen LogP contribution < -0.4 is 5.32 Å². The van der Waals surface area contributed by atoms with Crippen molar-refractivity contribution < 1.29 is 23.8 Å². The van der Waals surface area contributed by atoms with Gasteiger partial charge < -0.3 is 20.1 Å². The van der Waals surface area contributed by atoms with E-state index in [-0.39, 0.29) is 12.3 Å². The first kappa shape index (κ1) is 24.6. The smallest absolute Gasteiger partial charge is 0.408 e. The molecule has 33 heavy (non-hydrogen) atoms. The molecular weight excluding hydrogens is 447 g/mol. The average molecular weight is 475 g/mol. The Morgan fingerprint density at radius 2 is 1.85 bits per heavy atom. The van der Waals surface area contributed by atoms with E-state index in [2.05, 4.69) is 5.32 Å². The zero-order valence-corrected chi connectivity index (χ0v) is 20.0. The maximum absolute atomic E-state index is 14.6. The monoisotopic (exact) mass is 474 g/mol. The number of carbonyl (C=O) groups excluding carboxylic acids is 2. The van der Waals surface area contributed by atoms with E-state index in [1.807, 2.05) is 0 Å². The fourth-order valence-electron chi connectivity index (χ4n) is 3.69. The summed E-state index contributed by atoms with van der Waals surface area (Å²) in [6.45, 7) is 8.45. The molecule has 1 atom stereocenters. The van der Waals surface area contributed by atoms with Crippen LogP contribution in [0.1, 0.15) is 51.8 Å². The van der Waals surface area contributed by atoms with Gasteiger partial charge in [-0.2, -0.15) is 0 Å². The first-order chi connectivity index (χ1) is 15.3. The number of alkyl carbamates (subject to hydrolysis) is 1. The van der Waals surface area contributed by atoms with Crippen LogP contribution in [-0.2, 0) is 9.53 Å². The largest absolute Gasteiger partial charge is 0.508 e. The summed E-state index contributed by atoms with van der Waals surface area (Å²) in [5.41, 5.74) is -0.521. The lowest BCUT2D eigenvalue weighted by atomic mass is 10.0. The van der Waals surface area contributed by atoms with Crippen LogP contribution in [0.4, 0.5) is 9.18 Å². The number of halogens is 2. The van der Waals surface area contributed by atoms with Gasteiger partial charge in [0.1, 0.15) is 22.7 Å². The first-order valence-electron chi connectivity index (χ1n) is 10.5. The van der Waals surface area contributed by atoms with Crippen LogP contribution in [0.25, 0.3) is 5.57 Å². The molecule has 2 N–H and O–H groups in total. The second-order valence-electron chi connectivity index (χ2n) is 9.54. The maximum atomic E-state index is 14.6.